The second-order valence-electron chi connectivity index (χ2n) is 6.53. The molecule has 8 heteroatoms. The van der Waals surface area contributed by atoms with E-state index in [1.165, 1.54) is 4.90 Å². The van der Waals surface area contributed by atoms with Gasteiger partial charge in [0.25, 0.3) is 11.8 Å². The largest absolute Gasteiger partial charge is 0.484 e. The molecule has 0 aliphatic carbocycles. The fourth-order valence-corrected chi connectivity index (χ4v) is 2.45. The van der Waals surface area contributed by atoms with Gasteiger partial charge in [-0.1, -0.05) is 11.6 Å². The van der Waals surface area contributed by atoms with Crippen LogP contribution in [0.4, 0.5) is 0 Å². The van der Waals surface area contributed by atoms with Crippen LogP contribution in [0.3, 0.4) is 0 Å². The third-order valence-electron chi connectivity index (χ3n) is 3.98. The molecule has 2 rings (SSSR count). The summed E-state index contributed by atoms with van der Waals surface area (Å²) < 4.78 is 10.9. The molecule has 0 radical (unpaired) electrons. The van der Waals surface area contributed by atoms with E-state index in [-0.39, 0.29) is 25.0 Å². The van der Waals surface area contributed by atoms with E-state index in [1.807, 2.05) is 6.92 Å². The molecule has 1 N–H and O–H groups in total. The van der Waals surface area contributed by atoms with Gasteiger partial charge < -0.3 is 14.4 Å². The average molecular weight is 418 g/mol. The topological polar surface area (TPSA) is 80.2 Å². The Kier molecular flexibility index (Phi) is 8.03. The number of halogens is 1. The van der Waals surface area contributed by atoms with Gasteiger partial charge in [0.15, 0.2) is 13.2 Å². The van der Waals surface area contributed by atoms with E-state index < -0.39 is 0 Å². The molecule has 0 heterocycles. The molecule has 0 bridgehead atoms. The number of rotatable bonds is 8. The van der Waals surface area contributed by atoms with Crippen LogP contribution in [-0.2, 0) is 9.59 Å². The molecule has 0 saturated carbocycles. The molecule has 7 nitrogen and oxygen atoms in total. The maximum absolute atomic E-state index is 12.0. The van der Waals surface area contributed by atoms with Gasteiger partial charge in [-0.05, 0) is 67.4 Å². The molecule has 0 spiro atoms. The molecular weight excluding hydrogens is 394 g/mol. The fourth-order valence-electron chi connectivity index (χ4n) is 2.23. The third kappa shape index (κ3) is 7.12. The quantitative estimate of drug-likeness (QED) is 0.528. The first-order valence-corrected chi connectivity index (χ1v) is 9.29. The highest BCUT2D eigenvalue weighted by Gasteiger charge is 2.07. The number of likely N-dealkylation sites (N-methyl/N-ethyl adjacent to an activating group) is 1. The van der Waals surface area contributed by atoms with Crippen molar-refractivity contribution in [2.45, 2.75) is 13.8 Å². The third-order valence-corrected chi connectivity index (χ3v) is 4.21. The zero-order chi connectivity index (χ0) is 21.4. The summed E-state index contributed by atoms with van der Waals surface area (Å²) in [5, 5.41) is 4.70. The molecule has 0 aliphatic heterocycles. The van der Waals surface area contributed by atoms with Crippen LogP contribution in [0.15, 0.2) is 47.6 Å². The summed E-state index contributed by atoms with van der Waals surface area (Å²) in [4.78, 5) is 25.0. The van der Waals surface area contributed by atoms with Gasteiger partial charge in [0.05, 0.1) is 5.71 Å². The number of benzene rings is 2. The molecular formula is C21H24ClN3O4. The van der Waals surface area contributed by atoms with Crippen molar-refractivity contribution in [1.29, 1.82) is 0 Å². The number of carbonyl (C=O) groups excluding carboxylic acids is 2. The summed E-state index contributed by atoms with van der Waals surface area (Å²) >= 11 is 5.90. The Balaban J connectivity index is 1.85. The molecule has 0 aliphatic rings. The summed E-state index contributed by atoms with van der Waals surface area (Å²) in [7, 11) is 3.34. The predicted molar refractivity (Wildman–Crippen MR) is 113 cm³/mol. The number of amides is 2. The first-order chi connectivity index (χ1) is 13.8. The summed E-state index contributed by atoms with van der Waals surface area (Å²) in [6.45, 7) is 3.44. The minimum absolute atomic E-state index is 0.0252. The summed E-state index contributed by atoms with van der Waals surface area (Å²) in [5.74, 6) is 0.674. The van der Waals surface area contributed by atoms with E-state index in [2.05, 4.69) is 10.5 Å². The number of hydrazone groups is 1. The van der Waals surface area contributed by atoms with Crippen molar-refractivity contribution in [3.63, 3.8) is 0 Å². The summed E-state index contributed by atoms with van der Waals surface area (Å²) in [6.07, 6.45) is 0. The second kappa shape index (κ2) is 10.5. The highest BCUT2D eigenvalue weighted by atomic mass is 35.5. The van der Waals surface area contributed by atoms with Crippen molar-refractivity contribution >= 4 is 29.1 Å². The summed E-state index contributed by atoms with van der Waals surface area (Å²) in [6, 6.07) is 12.3. The SMILES string of the molecule is C/C(=N/NC(=O)COc1ccc(Cl)cc1C)c1ccc(OCC(=O)N(C)C)cc1. The smallest absolute Gasteiger partial charge is 0.277 e. The van der Waals surface area contributed by atoms with Crippen molar-refractivity contribution in [3.05, 3.63) is 58.6 Å². The Morgan fingerprint density at radius 3 is 2.38 bits per heavy atom. The molecule has 0 fully saturated rings. The van der Waals surface area contributed by atoms with Crippen molar-refractivity contribution in [2.24, 2.45) is 5.10 Å². The molecule has 0 atom stereocenters. The first kappa shape index (κ1) is 22.2. The highest BCUT2D eigenvalue weighted by molar-refractivity contribution is 6.30. The lowest BCUT2D eigenvalue weighted by molar-refractivity contribution is -0.130. The van der Waals surface area contributed by atoms with E-state index in [0.717, 1.165) is 11.1 Å². The Morgan fingerprint density at radius 1 is 1.07 bits per heavy atom. The lowest BCUT2D eigenvalue weighted by atomic mass is 10.1. The molecule has 2 aromatic carbocycles. The fraction of sp³-hybridized carbons (Fsp3) is 0.286. The van der Waals surface area contributed by atoms with Crippen molar-refractivity contribution in [2.75, 3.05) is 27.3 Å². The minimum Gasteiger partial charge on any atom is -0.484 e. The second-order valence-corrected chi connectivity index (χ2v) is 6.97. The van der Waals surface area contributed by atoms with Gasteiger partial charge in [0.2, 0.25) is 0 Å². The van der Waals surface area contributed by atoms with E-state index >= 15 is 0 Å². The van der Waals surface area contributed by atoms with Crippen LogP contribution in [0, 0.1) is 6.92 Å². The van der Waals surface area contributed by atoms with Crippen molar-refractivity contribution < 1.29 is 19.1 Å². The van der Waals surface area contributed by atoms with Gasteiger partial charge in [-0.25, -0.2) is 5.43 Å². The van der Waals surface area contributed by atoms with E-state index in [0.29, 0.717) is 22.2 Å². The minimum atomic E-state index is -0.374. The van der Waals surface area contributed by atoms with Gasteiger partial charge in [-0.2, -0.15) is 5.10 Å². The molecule has 2 amide bonds. The Hall–Kier alpha value is -3.06. The van der Waals surface area contributed by atoms with E-state index in [4.69, 9.17) is 21.1 Å². The van der Waals surface area contributed by atoms with E-state index in [1.54, 1.807) is 63.5 Å². The summed E-state index contributed by atoms with van der Waals surface area (Å²) in [5.41, 5.74) is 4.75. The number of nitrogens with zero attached hydrogens (tertiary/aromatic N) is 2. The van der Waals surface area contributed by atoms with Crippen LogP contribution in [0.25, 0.3) is 0 Å². The van der Waals surface area contributed by atoms with Crippen LogP contribution in [0.1, 0.15) is 18.1 Å². The van der Waals surface area contributed by atoms with Crippen LogP contribution in [-0.4, -0.2) is 49.7 Å². The monoisotopic (exact) mass is 417 g/mol. The number of carbonyl (C=O) groups is 2. The maximum atomic E-state index is 12.0. The van der Waals surface area contributed by atoms with Gasteiger partial charge in [0.1, 0.15) is 11.5 Å². The van der Waals surface area contributed by atoms with Crippen molar-refractivity contribution in [3.8, 4) is 11.5 Å². The molecule has 0 aromatic heterocycles. The Bertz CT molecular complexity index is 895. The lowest BCUT2D eigenvalue weighted by Gasteiger charge is -2.11. The normalized spacial score (nSPS) is 11.0. The Labute approximate surface area is 175 Å². The van der Waals surface area contributed by atoms with E-state index in [9.17, 15) is 9.59 Å². The Morgan fingerprint density at radius 2 is 1.76 bits per heavy atom. The molecule has 2 aromatic rings. The maximum Gasteiger partial charge on any atom is 0.277 e. The average Bonchev–Trinajstić information content (AvgIpc) is 2.69. The van der Waals surface area contributed by atoms with Crippen LogP contribution in [0.2, 0.25) is 5.02 Å². The molecule has 154 valence electrons. The van der Waals surface area contributed by atoms with Gasteiger partial charge in [-0.15, -0.1) is 0 Å². The number of hydrogen-bond donors (Lipinski definition) is 1. The number of ether oxygens (including phenoxy) is 2. The molecule has 29 heavy (non-hydrogen) atoms. The zero-order valence-corrected chi connectivity index (χ0v) is 17.6. The predicted octanol–water partition coefficient (Wildman–Crippen LogP) is 3.03. The van der Waals surface area contributed by atoms with Crippen LogP contribution < -0.4 is 14.9 Å². The molecule has 0 saturated heterocycles. The van der Waals surface area contributed by atoms with Gasteiger partial charge in [-0.3, -0.25) is 9.59 Å². The number of aryl methyl sites for hydroxylation is 1. The van der Waals surface area contributed by atoms with Gasteiger partial charge in [0, 0.05) is 19.1 Å². The van der Waals surface area contributed by atoms with Gasteiger partial charge >= 0.3 is 0 Å². The number of nitrogens with one attached hydrogen (secondary N) is 1. The first-order valence-electron chi connectivity index (χ1n) is 8.91. The standard InChI is InChI=1S/C21H24ClN3O4/c1-14-11-17(22)7-10-19(14)29-12-20(26)24-23-15(2)16-5-8-18(9-6-16)28-13-21(27)25(3)4/h5-11H,12-13H2,1-4H3,(H,24,26)/b23-15-. The van der Waals surface area contributed by atoms with Crippen LogP contribution >= 0.6 is 11.6 Å². The lowest BCUT2D eigenvalue weighted by Crippen LogP contribution is -2.27. The van der Waals surface area contributed by atoms with Crippen molar-refractivity contribution in [1.82, 2.24) is 10.3 Å². The van der Waals surface area contributed by atoms with Crippen LogP contribution in [0.5, 0.6) is 11.5 Å². The highest BCUT2D eigenvalue weighted by Crippen LogP contribution is 2.21. The zero-order valence-electron chi connectivity index (χ0n) is 16.9. The molecule has 0 unspecified atom stereocenters. The number of hydrogen-bond acceptors (Lipinski definition) is 5.